The Kier molecular flexibility index (Phi) is 10.4. The van der Waals surface area contributed by atoms with Gasteiger partial charge >= 0.3 is 6.36 Å². The Balaban J connectivity index is 0.00000450. The van der Waals surface area contributed by atoms with Crippen molar-refractivity contribution in [3.8, 4) is 23.0 Å². The summed E-state index contributed by atoms with van der Waals surface area (Å²) in [5.41, 5.74) is 5.80. The van der Waals surface area contributed by atoms with Gasteiger partial charge in [0.2, 0.25) is 0 Å². The number of hydrogen-bond acceptors (Lipinski definition) is 5. The number of nitrogens with zero attached hydrogens (tertiary/aromatic N) is 1. The molecule has 2 aromatic carbocycles. The number of aliphatic imine (C=N–C) groups is 1. The van der Waals surface area contributed by atoms with E-state index in [2.05, 4.69) is 15.0 Å². The van der Waals surface area contributed by atoms with E-state index in [9.17, 15) is 13.2 Å². The number of nitrogens with one attached hydrogen (secondary N) is 1. The topological polar surface area (TPSA) is 87.3 Å². The van der Waals surface area contributed by atoms with E-state index in [-0.39, 0.29) is 35.6 Å². The molecule has 11 heteroatoms. The number of anilines is 1. The second kappa shape index (κ2) is 12.2. The van der Waals surface area contributed by atoms with E-state index < -0.39 is 12.1 Å². The van der Waals surface area contributed by atoms with Crippen molar-refractivity contribution in [3.63, 3.8) is 0 Å². The van der Waals surface area contributed by atoms with Crippen LogP contribution in [0.3, 0.4) is 0 Å². The molecule has 166 valence electrons. The highest BCUT2D eigenvalue weighted by Gasteiger charge is 2.32. The second-order valence-corrected chi connectivity index (χ2v) is 5.69. The predicted molar refractivity (Wildman–Crippen MR) is 118 cm³/mol. The van der Waals surface area contributed by atoms with E-state index in [4.69, 9.17) is 19.9 Å². The highest BCUT2D eigenvalue weighted by atomic mass is 127. The first-order valence-electron chi connectivity index (χ1n) is 8.58. The molecule has 30 heavy (non-hydrogen) atoms. The van der Waals surface area contributed by atoms with Crippen LogP contribution in [-0.4, -0.2) is 39.7 Å². The van der Waals surface area contributed by atoms with Crippen LogP contribution in [0.5, 0.6) is 23.0 Å². The van der Waals surface area contributed by atoms with Crippen molar-refractivity contribution in [2.24, 2.45) is 10.7 Å². The highest BCUT2D eigenvalue weighted by Crippen LogP contribution is 2.30. The van der Waals surface area contributed by atoms with Crippen molar-refractivity contribution >= 4 is 35.6 Å². The molecule has 0 spiro atoms. The Bertz CT molecular complexity index is 813. The number of guanidine groups is 1. The van der Waals surface area contributed by atoms with Gasteiger partial charge in [-0.15, -0.1) is 37.1 Å². The van der Waals surface area contributed by atoms with E-state index in [0.29, 0.717) is 36.8 Å². The third-order valence-electron chi connectivity index (χ3n) is 3.55. The van der Waals surface area contributed by atoms with Crippen LogP contribution < -0.4 is 30.0 Å². The van der Waals surface area contributed by atoms with Gasteiger partial charge in [0.1, 0.15) is 17.2 Å². The normalized spacial score (nSPS) is 11.3. The molecular formula is C19H23F3IN3O4. The zero-order valence-corrected chi connectivity index (χ0v) is 18.7. The summed E-state index contributed by atoms with van der Waals surface area (Å²) in [6.07, 6.45) is -4.27. The highest BCUT2D eigenvalue weighted by molar-refractivity contribution is 14.0. The fraction of sp³-hybridized carbons (Fsp3) is 0.316. The third-order valence-corrected chi connectivity index (χ3v) is 3.55. The molecular weight excluding hydrogens is 518 g/mol. The SMILES string of the molecule is COc1cc(OC)cc(OCCCN=C(N)Nc2ccccc2OC(F)(F)F)c1.I. The summed E-state index contributed by atoms with van der Waals surface area (Å²) in [6.45, 7) is 0.656. The van der Waals surface area contributed by atoms with Crippen molar-refractivity contribution in [2.45, 2.75) is 12.8 Å². The van der Waals surface area contributed by atoms with Gasteiger partial charge < -0.3 is 30.0 Å². The van der Waals surface area contributed by atoms with Gasteiger partial charge in [0.05, 0.1) is 26.5 Å². The lowest BCUT2D eigenvalue weighted by molar-refractivity contribution is -0.274. The molecule has 0 unspecified atom stereocenters. The molecule has 0 radical (unpaired) electrons. The fourth-order valence-electron chi connectivity index (χ4n) is 2.28. The number of alkyl halides is 3. The summed E-state index contributed by atoms with van der Waals surface area (Å²) >= 11 is 0. The summed E-state index contributed by atoms with van der Waals surface area (Å²) in [5.74, 6) is 1.35. The maximum Gasteiger partial charge on any atom is 0.573 e. The average molecular weight is 541 g/mol. The third kappa shape index (κ3) is 8.84. The number of halogens is 4. The van der Waals surface area contributed by atoms with E-state index in [1.807, 2.05) is 0 Å². The Labute approximate surface area is 189 Å². The average Bonchev–Trinajstić information content (AvgIpc) is 2.67. The van der Waals surface area contributed by atoms with Gasteiger partial charge in [-0.2, -0.15) is 0 Å². The fourth-order valence-corrected chi connectivity index (χ4v) is 2.28. The second-order valence-electron chi connectivity index (χ2n) is 5.69. The lowest BCUT2D eigenvalue weighted by Crippen LogP contribution is -2.24. The van der Waals surface area contributed by atoms with Crippen LogP contribution in [-0.2, 0) is 0 Å². The molecule has 0 saturated carbocycles. The van der Waals surface area contributed by atoms with Crippen molar-refractivity contribution in [1.29, 1.82) is 0 Å². The molecule has 0 amide bonds. The quantitative estimate of drug-likeness (QED) is 0.212. The van der Waals surface area contributed by atoms with Gasteiger partial charge in [0.25, 0.3) is 0 Å². The number of ether oxygens (including phenoxy) is 4. The minimum absolute atomic E-state index is 0. The Hall–Kier alpha value is -2.57. The van der Waals surface area contributed by atoms with Gasteiger partial charge in [-0.25, -0.2) is 0 Å². The van der Waals surface area contributed by atoms with Crippen LogP contribution in [0.4, 0.5) is 18.9 Å². The lowest BCUT2D eigenvalue weighted by atomic mass is 10.3. The molecule has 7 nitrogen and oxygen atoms in total. The van der Waals surface area contributed by atoms with E-state index in [0.717, 1.165) is 0 Å². The molecule has 0 aliphatic rings. The van der Waals surface area contributed by atoms with Crippen LogP contribution in [0.1, 0.15) is 6.42 Å². The van der Waals surface area contributed by atoms with E-state index >= 15 is 0 Å². The number of hydrogen-bond donors (Lipinski definition) is 2. The smallest absolute Gasteiger partial charge is 0.496 e. The number of nitrogens with two attached hydrogens (primary N) is 1. The van der Waals surface area contributed by atoms with Crippen LogP contribution in [0.2, 0.25) is 0 Å². The number of benzene rings is 2. The molecule has 0 bridgehead atoms. The zero-order chi connectivity index (χ0) is 21.3. The molecule has 0 heterocycles. The van der Waals surface area contributed by atoms with Gasteiger partial charge in [-0.1, -0.05) is 12.1 Å². The van der Waals surface area contributed by atoms with Crippen LogP contribution in [0, 0.1) is 0 Å². The summed E-state index contributed by atoms with van der Waals surface area (Å²) in [6, 6.07) is 10.7. The van der Waals surface area contributed by atoms with E-state index in [1.54, 1.807) is 38.5 Å². The van der Waals surface area contributed by atoms with Gasteiger partial charge in [0, 0.05) is 31.2 Å². The summed E-state index contributed by atoms with van der Waals surface area (Å²) < 4.78 is 57.2. The molecule has 3 N–H and O–H groups in total. The molecule has 0 aliphatic carbocycles. The Morgan fingerprint density at radius 2 is 1.63 bits per heavy atom. The molecule has 2 aromatic rings. The Morgan fingerprint density at radius 1 is 1.03 bits per heavy atom. The first-order valence-corrected chi connectivity index (χ1v) is 8.58. The first-order chi connectivity index (χ1) is 13.8. The Morgan fingerprint density at radius 3 is 2.23 bits per heavy atom. The largest absolute Gasteiger partial charge is 0.573 e. The monoisotopic (exact) mass is 541 g/mol. The standard InChI is InChI=1S/C19H22F3N3O4.HI/c1-26-13-10-14(27-2)12-15(11-13)28-9-5-8-24-18(23)25-16-6-3-4-7-17(16)29-19(20,21)22;/h3-4,6-7,10-12H,5,8-9H2,1-2H3,(H3,23,24,25);1H. The van der Waals surface area contributed by atoms with Crippen molar-refractivity contribution in [2.75, 3.05) is 32.7 Å². The predicted octanol–water partition coefficient (Wildman–Crippen LogP) is 4.42. The van der Waals surface area contributed by atoms with Crippen molar-refractivity contribution in [1.82, 2.24) is 0 Å². The van der Waals surface area contributed by atoms with Crippen molar-refractivity contribution in [3.05, 3.63) is 42.5 Å². The van der Waals surface area contributed by atoms with Crippen molar-refractivity contribution < 1.29 is 32.1 Å². The minimum Gasteiger partial charge on any atom is -0.496 e. The molecule has 0 atom stereocenters. The maximum atomic E-state index is 12.4. The van der Waals surface area contributed by atoms with E-state index in [1.165, 1.54) is 18.2 Å². The van der Waals surface area contributed by atoms with Gasteiger partial charge in [-0.3, -0.25) is 4.99 Å². The minimum atomic E-state index is -4.80. The number of para-hydroxylation sites is 2. The van der Waals surface area contributed by atoms with Gasteiger partial charge in [-0.05, 0) is 12.1 Å². The number of rotatable bonds is 9. The lowest BCUT2D eigenvalue weighted by Gasteiger charge is -2.14. The first kappa shape index (κ1) is 25.5. The molecule has 0 aromatic heterocycles. The summed E-state index contributed by atoms with van der Waals surface area (Å²) in [5, 5.41) is 2.60. The van der Waals surface area contributed by atoms with Crippen LogP contribution in [0.15, 0.2) is 47.5 Å². The zero-order valence-electron chi connectivity index (χ0n) is 16.4. The molecule has 0 aliphatic heterocycles. The van der Waals surface area contributed by atoms with Crippen LogP contribution in [0.25, 0.3) is 0 Å². The molecule has 0 fully saturated rings. The summed E-state index contributed by atoms with van der Waals surface area (Å²) in [7, 11) is 3.09. The molecule has 0 saturated heterocycles. The van der Waals surface area contributed by atoms with Gasteiger partial charge in [0.15, 0.2) is 11.7 Å². The maximum absolute atomic E-state index is 12.4. The van der Waals surface area contributed by atoms with Crippen LogP contribution >= 0.6 is 24.0 Å². The number of methoxy groups -OCH3 is 2. The molecule has 2 rings (SSSR count). The summed E-state index contributed by atoms with van der Waals surface area (Å²) in [4.78, 5) is 4.07.